The van der Waals surface area contributed by atoms with Crippen LogP contribution >= 0.6 is 0 Å². The normalized spacial score (nSPS) is 19.9. The van der Waals surface area contributed by atoms with E-state index in [9.17, 15) is 9.59 Å². The van der Waals surface area contributed by atoms with Crippen LogP contribution < -0.4 is 14.8 Å². The number of rotatable bonds is 6. The highest BCUT2D eigenvalue weighted by atomic mass is 16.5. The molecule has 3 aliphatic rings. The maximum absolute atomic E-state index is 13.7. The van der Waals surface area contributed by atoms with Crippen LogP contribution in [-0.2, 0) is 16.2 Å². The van der Waals surface area contributed by atoms with Crippen molar-refractivity contribution in [2.24, 2.45) is 10.8 Å². The van der Waals surface area contributed by atoms with Crippen molar-refractivity contribution < 1.29 is 19.1 Å². The highest BCUT2D eigenvalue weighted by Crippen LogP contribution is 2.51. The van der Waals surface area contributed by atoms with Gasteiger partial charge in [-0.15, -0.1) is 0 Å². The smallest absolute Gasteiger partial charge is 0.162 e. The molecule has 0 bridgehead atoms. The van der Waals surface area contributed by atoms with Crippen LogP contribution in [-0.4, -0.2) is 18.2 Å². The van der Waals surface area contributed by atoms with E-state index in [2.05, 4.69) is 70.3 Å². The predicted octanol–water partition coefficient (Wildman–Crippen LogP) is 8.10. The summed E-state index contributed by atoms with van der Waals surface area (Å²) in [6, 6.07) is 18.6. The number of Topliss-reactive ketones (excluding diaryl/α,β-unsaturated/α-hetero) is 2. The minimum absolute atomic E-state index is 0.118. The molecule has 0 spiro atoms. The molecule has 0 aromatic heterocycles. The summed E-state index contributed by atoms with van der Waals surface area (Å²) in [6.07, 6.45) is 2.49. The number of aryl methyl sites for hydroxylation is 1. The first-order valence-electron chi connectivity index (χ1n) is 15.1. The van der Waals surface area contributed by atoms with Crippen LogP contribution in [0.5, 0.6) is 11.5 Å². The largest absolute Gasteiger partial charge is 0.490 e. The monoisotopic (exact) mass is 563 g/mol. The predicted molar refractivity (Wildman–Crippen MR) is 167 cm³/mol. The SMILES string of the molecule is CCOc1cc(C2C3=C(CC(C)(C)CC3=O)NC3=C2C(=O)CC(C)(C)C3)ccc1OCc1c(C)ccc2ccccc12. The van der Waals surface area contributed by atoms with Crippen molar-refractivity contribution in [3.63, 3.8) is 0 Å². The van der Waals surface area contributed by atoms with Gasteiger partial charge in [0, 0.05) is 46.9 Å². The lowest BCUT2D eigenvalue weighted by molar-refractivity contribution is -0.119. The third kappa shape index (κ3) is 5.14. The maximum Gasteiger partial charge on any atom is 0.162 e. The molecule has 3 aromatic rings. The zero-order valence-corrected chi connectivity index (χ0v) is 25.6. The van der Waals surface area contributed by atoms with E-state index in [-0.39, 0.29) is 22.4 Å². The van der Waals surface area contributed by atoms with Gasteiger partial charge >= 0.3 is 0 Å². The van der Waals surface area contributed by atoms with E-state index in [1.807, 2.05) is 31.2 Å². The molecule has 6 rings (SSSR count). The van der Waals surface area contributed by atoms with E-state index in [4.69, 9.17) is 9.47 Å². The van der Waals surface area contributed by atoms with Gasteiger partial charge in [0.15, 0.2) is 23.1 Å². The van der Waals surface area contributed by atoms with Crippen LogP contribution in [0.3, 0.4) is 0 Å². The lowest BCUT2D eigenvalue weighted by Crippen LogP contribution is -2.42. The van der Waals surface area contributed by atoms with Crippen LogP contribution in [0, 0.1) is 17.8 Å². The molecule has 1 heterocycles. The molecule has 218 valence electrons. The van der Waals surface area contributed by atoms with Gasteiger partial charge in [-0.05, 0) is 71.6 Å². The van der Waals surface area contributed by atoms with Gasteiger partial charge in [-0.25, -0.2) is 0 Å². The summed E-state index contributed by atoms with van der Waals surface area (Å²) < 4.78 is 12.5. The van der Waals surface area contributed by atoms with Gasteiger partial charge in [-0.1, -0.05) is 70.2 Å². The van der Waals surface area contributed by atoms with E-state index in [1.54, 1.807) is 0 Å². The summed E-state index contributed by atoms with van der Waals surface area (Å²) in [5.74, 6) is 1.11. The summed E-state index contributed by atoms with van der Waals surface area (Å²) in [6.45, 7) is 13.5. The van der Waals surface area contributed by atoms with E-state index in [0.717, 1.165) is 46.5 Å². The second-order valence-electron chi connectivity index (χ2n) is 13.7. The van der Waals surface area contributed by atoms with Gasteiger partial charge in [0.25, 0.3) is 0 Å². The number of nitrogens with one attached hydrogen (secondary N) is 1. The summed E-state index contributed by atoms with van der Waals surface area (Å²) in [5.41, 5.74) is 6.37. The molecular formula is C37H41NO4. The average molecular weight is 564 g/mol. The summed E-state index contributed by atoms with van der Waals surface area (Å²) >= 11 is 0. The van der Waals surface area contributed by atoms with Gasteiger partial charge < -0.3 is 14.8 Å². The summed E-state index contributed by atoms with van der Waals surface area (Å²) in [7, 11) is 0. The van der Waals surface area contributed by atoms with Crippen LogP contribution in [0.15, 0.2) is 77.1 Å². The van der Waals surface area contributed by atoms with Crippen LogP contribution in [0.25, 0.3) is 10.8 Å². The van der Waals surface area contributed by atoms with E-state index in [1.165, 1.54) is 16.3 Å². The molecule has 2 aliphatic carbocycles. The fourth-order valence-corrected chi connectivity index (χ4v) is 7.10. The molecule has 0 saturated carbocycles. The Labute approximate surface area is 249 Å². The maximum atomic E-state index is 13.7. The molecule has 0 atom stereocenters. The Kier molecular flexibility index (Phi) is 7.03. The number of ether oxygens (including phenoxy) is 2. The topological polar surface area (TPSA) is 64.6 Å². The zero-order valence-electron chi connectivity index (χ0n) is 25.6. The number of allylic oxidation sites excluding steroid dienone is 4. The third-order valence-corrected chi connectivity index (χ3v) is 8.97. The lowest BCUT2D eigenvalue weighted by Gasteiger charge is -2.44. The minimum atomic E-state index is -0.406. The summed E-state index contributed by atoms with van der Waals surface area (Å²) in [5, 5.41) is 5.96. The van der Waals surface area contributed by atoms with Gasteiger partial charge in [0.05, 0.1) is 6.61 Å². The average Bonchev–Trinajstić information content (AvgIpc) is 2.90. The van der Waals surface area contributed by atoms with Crippen molar-refractivity contribution in [1.29, 1.82) is 0 Å². The number of ketones is 2. The van der Waals surface area contributed by atoms with Crippen molar-refractivity contribution in [2.75, 3.05) is 6.61 Å². The first-order valence-corrected chi connectivity index (χ1v) is 15.1. The Hall–Kier alpha value is -3.86. The number of carbonyl (C=O) groups is 2. The van der Waals surface area contributed by atoms with Gasteiger partial charge in [0.1, 0.15) is 6.61 Å². The Balaban J connectivity index is 1.41. The molecule has 0 saturated heterocycles. The highest BCUT2D eigenvalue weighted by molar-refractivity contribution is 6.06. The summed E-state index contributed by atoms with van der Waals surface area (Å²) in [4.78, 5) is 27.4. The molecule has 5 heteroatoms. The fraction of sp³-hybridized carbons (Fsp3) is 0.405. The van der Waals surface area contributed by atoms with Gasteiger partial charge in [-0.3, -0.25) is 9.59 Å². The van der Waals surface area contributed by atoms with Crippen molar-refractivity contribution >= 4 is 22.3 Å². The van der Waals surface area contributed by atoms with Crippen LogP contribution in [0.2, 0.25) is 0 Å². The molecule has 1 N–H and O–H groups in total. The lowest BCUT2D eigenvalue weighted by atomic mass is 9.64. The van der Waals surface area contributed by atoms with Gasteiger partial charge in [0.2, 0.25) is 0 Å². The minimum Gasteiger partial charge on any atom is -0.490 e. The molecule has 3 aromatic carbocycles. The molecule has 0 amide bonds. The third-order valence-electron chi connectivity index (χ3n) is 8.97. The molecule has 5 nitrogen and oxygen atoms in total. The Morgan fingerprint density at radius 1 is 0.786 bits per heavy atom. The van der Waals surface area contributed by atoms with Crippen molar-refractivity contribution in [3.8, 4) is 11.5 Å². The van der Waals surface area contributed by atoms with Gasteiger partial charge in [-0.2, -0.15) is 0 Å². The highest BCUT2D eigenvalue weighted by Gasteiger charge is 2.46. The number of carbonyl (C=O) groups excluding carboxylic acids is 2. The Bertz CT molecular complexity index is 1620. The van der Waals surface area contributed by atoms with Crippen LogP contribution in [0.1, 0.15) is 82.9 Å². The van der Waals surface area contributed by atoms with Crippen molar-refractivity contribution in [2.45, 2.75) is 79.8 Å². The molecule has 0 unspecified atom stereocenters. The van der Waals surface area contributed by atoms with E-state index in [0.29, 0.717) is 37.6 Å². The number of hydrogen-bond acceptors (Lipinski definition) is 5. The molecule has 0 fully saturated rings. The first kappa shape index (κ1) is 28.3. The van der Waals surface area contributed by atoms with Crippen LogP contribution in [0.4, 0.5) is 0 Å². The number of fused-ring (bicyclic) bond motifs is 1. The number of hydrogen-bond donors (Lipinski definition) is 1. The standard InChI is InChI=1S/C37H41NO4/c1-7-41-32-16-24(14-15-31(32)42-21-26-22(2)12-13-23-10-8-9-11-25(23)26)33-34-27(17-36(3,4)19-29(34)39)38-28-18-37(5,6)20-30(40)35(28)33/h8-16,33,38H,7,17-21H2,1-6H3. The second kappa shape index (κ2) is 10.4. The second-order valence-corrected chi connectivity index (χ2v) is 13.7. The molecular weight excluding hydrogens is 522 g/mol. The Morgan fingerprint density at radius 2 is 1.43 bits per heavy atom. The van der Waals surface area contributed by atoms with Crippen molar-refractivity contribution in [1.82, 2.24) is 5.32 Å². The zero-order chi connectivity index (χ0) is 29.8. The molecule has 0 radical (unpaired) electrons. The van der Waals surface area contributed by atoms with E-state index < -0.39 is 5.92 Å². The first-order chi connectivity index (χ1) is 20.0. The fourth-order valence-electron chi connectivity index (χ4n) is 7.10. The Morgan fingerprint density at radius 3 is 2.07 bits per heavy atom. The number of dihydropyridines is 1. The molecule has 42 heavy (non-hydrogen) atoms. The van der Waals surface area contributed by atoms with E-state index >= 15 is 0 Å². The van der Waals surface area contributed by atoms with Crippen molar-refractivity contribution in [3.05, 3.63) is 93.8 Å². The number of benzene rings is 3. The molecule has 1 aliphatic heterocycles. The quantitative estimate of drug-likeness (QED) is 0.328.